The van der Waals surface area contributed by atoms with Gasteiger partial charge in [0.15, 0.2) is 0 Å². The van der Waals surface area contributed by atoms with Crippen LogP contribution in [0, 0.1) is 13.8 Å². The predicted octanol–water partition coefficient (Wildman–Crippen LogP) is 1.11. The van der Waals surface area contributed by atoms with Crippen molar-refractivity contribution in [2.24, 2.45) is 0 Å². The number of piperidine rings is 1. The molecule has 3 rings (SSSR count). The lowest BCUT2D eigenvalue weighted by Gasteiger charge is -2.43. The highest BCUT2D eigenvalue weighted by molar-refractivity contribution is 5.75. The van der Waals surface area contributed by atoms with Gasteiger partial charge in [-0.3, -0.25) is 19.2 Å². The molecular weight excluding hydrogens is 370 g/mol. The minimum absolute atomic E-state index is 0.00507. The first kappa shape index (κ1) is 21.8. The summed E-state index contributed by atoms with van der Waals surface area (Å²) in [4.78, 5) is 28.5. The lowest BCUT2D eigenvalue weighted by Crippen LogP contribution is -2.53. The molecule has 0 radical (unpaired) electrons. The second-order valence-corrected chi connectivity index (χ2v) is 8.25. The zero-order valence-electron chi connectivity index (χ0n) is 18.0. The van der Waals surface area contributed by atoms with Gasteiger partial charge >= 0.3 is 0 Å². The van der Waals surface area contributed by atoms with Crippen molar-refractivity contribution < 1.29 is 14.3 Å². The van der Waals surface area contributed by atoms with Crippen LogP contribution < -0.4 is 5.32 Å². The van der Waals surface area contributed by atoms with Crippen molar-refractivity contribution in [1.29, 1.82) is 0 Å². The Bertz CT molecular complexity index is 690. The van der Waals surface area contributed by atoms with E-state index in [1.165, 1.54) is 0 Å². The summed E-state index contributed by atoms with van der Waals surface area (Å²) in [6, 6.07) is 2.93. The van der Waals surface area contributed by atoms with Crippen LogP contribution in [0.15, 0.2) is 6.07 Å². The van der Waals surface area contributed by atoms with Crippen LogP contribution in [0.25, 0.3) is 0 Å². The molecule has 1 aromatic rings. The Morgan fingerprint density at radius 3 is 2.41 bits per heavy atom. The third-order valence-electron chi connectivity index (χ3n) is 6.13. The number of hydrogen-bond acceptors (Lipinski definition) is 5. The van der Waals surface area contributed by atoms with Crippen LogP contribution in [-0.4, -0.2) is 82.9 Å². The molecule has 162 valence electrons. The largest absolute Gasteiger partial charge is 0.381 e. The number of hydrogen-bond donors (Lipinski definition) is 1. The summed E-state index contributed by atoms with van der Waals surface area (Å²) < 4.78 is 7.30. The number of aryl methyl sites for hydroxylation is 2. The van der Waals surface area contributed by atoms with E-state index in [0.29, 0.717) is 18.6 Å². The van der Waals surface area contributed by atoms with Gasteiger partial charge < -0.3 is 15.0 Å². The second-order valence-electron chi connectivity index (χ2n) is 8.25. The van der Waals surface area contributed by atoms with Crippen LogP contribution in [0.2, 0.25) is 0 Å². The van der Waals surface area contributed by atoms with Crippen LogP contribution in [-0.2, 0) is 20.9 Å². The van der Waals surface area contributed by atoms with Gasteiger partial charge in [-0.25, -0.2) is 0 Å². The normalized spacial score (nSPS) is 19.0. The highest BCUT2D eigenvalue weighted by atomic mass is 16.5. The Morgan fingerprint density at radius 2 is 1.83 bits per heavy atom. The van der Waals surface area contributed by atoms with E-state index in [1.807, 2.05) is 24.8 Å². The van der Waals surface area contributed by atoms with Gasteiger partial charge in [0.25, 0.3) is 0 Å². The van der Waals surface area contributed by atoms with Gasteiger partial charge in [0.05, 0.1) is 5.69 Å². The molecule has 1 N–H and O–H groups in total. The topological polar surface area (TPSA) is 79.7 Å². The van der Waals surface area contributed by atoms with Crippen molar-refractivity contribution in [1.82, 2.24) is 24.9 Å². The van der Waals surface area contributed by atoms with Crippen molar-refractivity contribution in [3.63, 3.8) is 0 Å². The van der Waals surface area contributed by atoms with E-state index >= 15 is 0 Å². The molecule has 2 fully saturated rings. The molecule has 3 heterocycles. The van der Waals surface area contributed by atoms with Gasteiger partial charge in [0.2, 0.25) is 11.8 Å². The molecule has 1 aromatic heterocycles. The summed E-state index contributed by atoms with van der Waals surface area (Å²) in [6.45, 7) is 10.5. The minimum Gasteiger partial charge on any atom is -0.381 e. The van der Waals surface area contributed by atoms with E-state index in [-0.39, 0.29) is 18.4 Å². The molecule has 0 aromatic carbocycles. The van der Waals surface area contributed by atoms with E-state index < -0.39 is 0 Å². The fraction of sp³-hybridized carbons (Fsp3) is 0.762. The number of rotatable bonds is 7. The molecule has 8 nitrogen and oxygen atoms in total. The van der Waals surface area contributed by atoms with Crippen molar-refractivity contribution in [2.75, 3.05) is 39.4 Å². The maximum atomic E-state index is 12.4. The standard InChI is InChI=1S/C21H35N5O3/c1-16-14-17(2)26(23-16)15-21(28)22-8-11-25(20-6-12-29-13-7-20)19-4-9-24(10-5-19)18(3)27/h14,19-20H,4-13,15H2,1-3H3,(H,22,28). The molecule has 2 saturated heterocycles. The maximum Gasteiger partial charge on any atom is 0.241 e. The molecule has 0 unspecified atom stereocenters. The Kier molecular flexibility index (Phi) is 7.66. The molecule has 2 amide bonds. The number of amides is 2. The van der Waals surface area contributed by atoms with Crippen LogP contribution in [0.1, 0.15) is 44.0 Å². The third kappa shape index (κ3) is 6.02. The van der Waals surface area contributed by atoms with E-state index in [9.17, 15) is 9.59 Å². The minimum atomic E-state index is -0.00507. The number of nitrogens with zero attached hydrogens (tertiary/aromatic N) is 4. The Labute approximate surface area is 173 Å². The van der Waals surface area contributed by atoms with Crippen LogP contribution in [0.5, 0.6) is 0 Å². The molecule has 0 spiro atoms. The van der Waals surface area contributed by atoms with Crippen molar-refractivity contribution in [2.45, 2.75) is 65.1 Å². The van der Waals surface area contributed by atoms with Gasteiger partial charge in [-0.1, -0.05) is 0 Å². The summed E-state index contributed by atoms with van der Waals surface area (Å²) in [7, 11) is 0. The monoisotopic (exact) mass is 405 g/mol. The second kappa shape index (κ2) is 10.2. The SMILES string of the molecule is CC(=O)N1CCC(N(CCNC(=O)Cn2nc(C)cc2C)C2CCOCC2)CC1. The maximum absolute atomic E-state index is 12.4. The molecule has 0 bridgehead atoms. The fourth-order valence-electron chi connectivity index (χ4n) is 4.54. The van der Waals surface area contributed by atoms with Gasteiger partial charge in [0.1, 0.15) is 6.54 Å². The first-order chi connectivity index (χ1) is 13.9. The van der Waals surface area contributed by atoms with E-state index in [2.05, 4.69) is 15.3 Å². The molecule has 0 saturated carbocycles. The summed E-state index contributed by atoms with van der Waals surface area (Å²) in [5, 5.41) is 7.43. The number of carbonyl (C=O) groups excluding carboxylic acids is 2. The number of likely N-dealkylation sites (tertiary alicyclic amines) is 1. The number of carbonyl (C=O) groups is 2. The fourth-order valence-corrected chi connectivity index (χ4v) is 4.54. The first-order valence-corrected chi connectivity index (χ1v) is 10.8. The highest BCUT2D eigenvalue weighted by Gasteiger charge is 2.31. The molecule has 2 aliphatic rings. The average Bonchev–Trinajstić information content (AvgIpc) is 3.02. The zero-order valence-corrected chi connectivity index (χ0v) is 18.0. The van der Waals surface area contributed by atoms with Gasteiger partial charge in [-0.2, -0.15) is 5.10 Å². The smallest absolute Gasteiger partial charge is 0.241 e. The van der Waals surface area contributed by atoms with E-state index in [0.717, 1.165) is 69.9 Å². The lowest BCUT2D eigenvalue weighted by molar-refractivity contribution is -0.130. The molecule has 0 aliphatic carbocycles. The zero-order chi connectivity index (χ0) is 20.8. The Balaban J connectivity index is 1.52. The predicted molar refractivity (Wildman–Crippen MR) is 111 cm³/mol. The van der Waals surface area contributed by atoms with Crippen molar-refractivity contribution in [3.05, 3.63) is 17.5 Å². The molecule has 2 aliphatic heterocycles. The van der Waals surface area contributed by atoms with Crippen LogP contribution in [0.4, 0.5) is 0 Å². The number of aromatic nitrogens is 2. The van der Waals surface area contributed by atoms with Crippen LogP contribution >= 0.6 is 0 Å². The summed E-state index contributed by atoms with van der Waals surface area (Å²) in [6.07, 6.45) is 4.06. The quantitative estimate of drug-likeness (QED) is 0.735. The Hall–Kier alpha value is -1.93. The summed E-state index contributed by atoms with van der Waals surface area (Å²) in [5.74, 6) is 0.159. The molecule has 29 heavy (non-hydrogen) atoms. The number of nitrogens with one attached hydrogen (secondary N) is 1. The Morgan fingerprint density at radius 1 is 1.17 bits per heavy atom. The molecular formula is C21H35N5O3. The van der Waals surface area contributed by atoms with Crippen LogP contribution in [0.3, 0.4) is 0 Å². The number of ether oxygens (including phenoxy) is 1. The van der Waals surface area contributed by atoms with Gasteiger partial charge in [0, 0.05) is 64.1 Å². The van der Waals surface area contributed by atoms with Gasteiger partial charge in [-0.05, 0) is 45.6 Å². The van der Waals surface area contributed by atoms with Crippen molar-refractivity contribution >= 4 is 11.8 Å². The third-order valence-corrected chi connectivity index (χ3v) is 6.13. The summed E-state index contributed by atoms with van der Waals surface area (Å²) in [5.41, 5.74) is 1.93. The average molecular weight is 406 g/mol. The molecule has 0 atom stereocenters. The lowest BCUT2D eigenvalue weighted by atomic mass is 9.98. The van der Waals surface area contributed by atoms with Crippen molar-refractivity contribution in [3.8, 4) is 0 Å². The van der Waals surface area contributed by atoms with E-state index in [4.69, 9.17) is 4.74 Å². The summed E-state index contributed by atoms with van der Waals surface area (Å²) >= 11 is 0. The first-order valence-electron chi connectivity index (χ1n) is 10.8. The van der Waals surface area contributed by atoms with E-state index in [1.54, 1.807) is 11.6 Å². The highest BCUT2D eigenvalue weighted by Crippen LogP contribution is 2.23. The molecule has 8 heteroatoms. The van der Waals surface area contributed by atoms with Gasteiger partial charge in [-0.15, -0.1) is 0 Å².